The minimum Gasteiger partial charge on any atom is -0.445 e. The van der Waals surface area contributed by atoms with Crippen LogP contribution < -0.4 is 0 Å². The maximum atomic E-state index is 12.6. The third-order valence-corrected chi connectivity index (χ3v) is 6.26. The highest BCUT2D eigenvalue weighted by molar-refractivity contribution is 5.69. The van der Waals surface area contributed by atoms with Gasteiger partial charge in [-0.05, 0) is 37.7 Å². The summed E-state index contributed by atoms with van der Waals surface area (Å²) in [4.78, 5) is 14.5. The van der Waals surface area contributed by atoms with Crippen molar-refractivity contribution in [3.05, 3.63) is 35.9 Å². The fourth-order valence-corrected chi connectivity index (χ4v) is 4.85. The van der Waals surface area contributed by atoms with Crippen LogP contribution in [-0.4, -0.2) is 33.8 Å². The number of fused-ring (bicyclic) bond motifs is 2. The normalized spacial score (nSPS) is 27.0. The summed E-state index contributed by atoms with van der Waals surface area (Å²) >= 11 is 0. The first-order valence-corrected chi connectivity index (χ1v) is 10.8. The SMILES string of the molecule is CCCCCCCCC1(O)CC2CCC(C1)N2C(=O)OCc1ccccc1. The topological polar surface area (TPSA) is 49.8 Å². The van der Waals surface area contributed by atoms with Gasteiger partial charge in [0.1, 0.15) is 6.61 Å². The first-order valence-electron chi connectivity index (χ1n) is 10.8. The van der Waals surface area contributed by atoms with Crippen molar-refractivity contribution in [2.45, 2.75) is 102 Å². The Balaban J connectivity index is 1.45. The van der Waals surface area contributed by atoms with E-state index in [2.05, 4.69) is 6.92 Å². The lowest BCUT2D eigenvalue weighted by molar-refractivity contribution is -0.0554. The van der Waals surface area contributed by atoms with Crippen molar-refractivity contribution in [2.24, 2.45) is 0 Å². The summed E-state index contributed by atoms with van der Waals surface area (Å²) in [6, 6.07) is 10.1. The van der Waals surface area contributed by atoms with E-state index in [1.165, 1.54) is 32.1 Å². The van der Waals surface area contributed by atoms with E-state index in [0.717, 1.165) is 31.2 Å². The van der Waals surface area contributed by atoms with E-state index in [1.54, 1.807) is 0 Å². The Morgan fingerprint density at radius 1 is 1.07 bits per heavy atom. The van der Waals surface area contributed by atoms with Gasteiger partial charge in [0.2, 0.25) is 0 Å². The Morgan fingerprint density at radius 2 is 1.70 bits per heavy atom. The van der Waals surface area contributed by atoms with Gasteiger partial charge in [0, 0.05) is 12.1 Å². The molecule has 0 aliphatic carbocycles. The highest BCUT2D eigenvalue weighted by atomic mass is 16.6. The molecule has 4 heteroatoms. The number of aliphatic hydroxyl groups is 1. The first kappa shape index (κ1) is 20.2. The summed E-state index contributed by atoms with van der Waals surface area (Å²) in [6.07, 6.45) is 11.5. The molecule has 0 saturated carbocycles. The molecule has 0 spiro atoms. The average molecular weight is 374 g/mol. The Labute approximate surface area is 163 Å². The van der Waals surface area contributed by atoms with Crippen molar-refractivity contribution in [1.29, 1.82) is 0 Å². The molecular formula is C23H35NO3. The third-order valence-electron chi connectivity index (χ3n) is 6.26. The van der Waals surface area contributed by atoms with Gasteiger partial charge in [0.15, 0.2) is 0 Å². The van der Waals surface area contributed by atoms with Crippen LogP contribution in [0.5, 0.6) is 0 Å². The Morgan fingerprint density at radius 3 is 2.37 bits per heavy atom. The Hall–Kier alpha value is -1.55. The molecule has 2 fully saturated rings. The van der Waals surface area contributed by atoms with Gasteiger partial charge in [-0.25, -0.2) is 4.79 Å². The molecule has 2 aliphatic heterocycles. The van der Waals surface area contributed by atoms with Crippen molar-refractivity contribution in [3.8, 4) is 0 Å². The summed E-state index contributed by atoms with van der Waals surface area (Å²) < 4.78 is 5.56. The lowest BCUT2D eigenvalue weighted by Crippen LogP contribution is -2.53. The molecule has 2 atom stereocenters. The molecule has 2 unspecified atom stereocenters. The van der Waals surface area contributed by atoms with Crippen LogP contribution in [0.1, 0.15) is 83.1 Å². The molecule has 2 saturated heterocycles. The van der Waals surface area contributed by atoms with Crippen molar-refractivity contribution in [3.63, 3.8) is 0 Å². The van der Waals surface area contributed by atoms with Gasteiger partial charge in [-0.15, -0.1) is 0 Å². The second kappa shape index (κ2) is 9.59. The van der Waals surface area contributed by atoms with Crippen LogP contribution in [-0.2, 0) is 11.3 Å². The number of piperidine rings is 1. The Kier molecular flexibility index (Phi) is 7.17. The van der Waals surface area contributed by atoms with E-state index in [1.807, 2.05) is 35.2 Å². The van der Waals surface area contributed by atoms with E-state index in [9.17, 15) is 9.90 Å². The molecular weight excluding hydrogens is 338 g/mol. The lowest BCUT2D eigenvalue weighted by atomic mass is 9.82. The number of amides is 1. The van der Waals surface area contributed by atoms with Crippen LogP contribution >= 0.6 is 0 Å². The molecule has 1 aromatic rings. The first-order chi connectivity index (χ1) is 13.1. The zero-order valence-electron chi connectivity index (χ0n) is 16.7. The molecule has 3 rings (SSSR count). The number of ether oxygens (including phenoxy) is 1. The summed E-state index contributed by atoms with van der Waals surface area (Å²) in [7, 11) is 0. The third kappa shape index (κ3) is 5.47. The number of carbonyl (C=O) groups excluding carboxylic acids is 1. The smallest absolute Gasteiger partial charge is 0.410 e. The largest absolute Gasteiger partial charge is 0.445 e. The van der Waals surface area contributed by atoms with Crippen molar-refractivity contribution < 1.29 is 14.6 Å². The molecule has 1 amide bonds. The molecule has 4 nitrogen and oxygen atoms in total. The lowest BCUT2D eigenvalue weighted by Gasteiger charge is -2.43. The zero-order chi connectivity index (χ0) is 19.1. The summed E-state index contributed by atoms with van der Waals surface area (Å²) in [5.41, 5.74) is 0.419. The van der Waals surface area contributed by atoms with Gasteiger partial charge in [-0.1, -0.05) is 75.8 Å². The molecule has 27 heavy (non-hydrogen) atoms. The van der Waals surface area contributed by atoms with E-state index in [0.29, 0.717) is 19.4 Å². The Bertz CT molecular complexity index is 575. The second-order valence-electron chi connectivity index (χ2n) is 8.48. The van der Waals surface area contributed by atoms with Gasteiger partial charge in [-0.3, -0.25) is 0 Å². The minimum atomic E-state index is -0.590. The van der Waals surface area contributed by atoms with E-state index in [-0.39, 0.29) is 18.2 Å². The summed E-state index contributed by atoms with van der Waals surface area (Å²) in [5.74, 6) is 0. The number of carbonyl (C=O) groups is 1. The van der Waals surface area contributed by atoms with Crippen molar-refractivity contribution >= 4 is 6.09 Å². The molecule has 0 aromatic heterocycles. The summed E-state index contributed by atoms with van der Waals surface area (Å²) in [6.45, 7) is 2.55. The van der Waals surface area contributed by atoms with Crippen molar-refractivity contribution in [2.75, 3.05) is 0 Å². The maximum absolute atomic E-state index is 12.6. The number of rotatable bonds is 9. The van der Waals surface area contributed by atoms with Crippen LogP contribution in [0.15, 0.2) is 30.3 Å². The van der Waals surface area contributed by atoms with E-state index in [4.69, 9.17) is 4.74 Å². The number of unbranched alkanes of at least 4 members (excludes halogenated alkanes) is 5. The zero-order valence-corrected chi connectivity index (χ0v) is 16.7. The van der Waals surface area contributed by atoms with Crippen LogP contribution in [0.4, 0.5) is 4.79 Å². The quantitative estimate of drug-likeness (QED) is 0.587. The average Bonchev–Trinajstić information content (AvgIpc) is 2.96. The minimum absolute atomic E-state index is 0.136. The van der Waals surface area contributed by atoms with Crippen LogP contribution in [0.2, 0.25) is 0 Å². The monoisotopic (exact) mass is 373 g/mol. The maximum Gasteiger partial charge on any atom is 0.410 e. The van der Waals surface area contributed by atoms with E-state index >= 15 is 0 Å². The standard InChI is InChI=1S/C23H35NO3/c1-2-3-4-5-6-10-15-23(26)16-20-13-14-21(17-23)24(20)22(25)27-18-19-11-8-7-9-12-19/h7-9,11-12,20-21,26H,2-6,10,13-18H2,1H3. The predicted octanol–water partition coefficient (Wildman–Crippen LogP) is 5.43. The van der Waals surface area contributed by atoms with Crippen LogP contribution in [0, 0.1) is 0 Å². The molecule has 2 bridgehead atoms. The van der Waals surface area contributed by atoms with Gasteiger partial charge in [0.25, 0.3) is 0 Å². The van der Waals surface area contributed by atoms with Gasteiger partial charge >= 0.3 is 6.09 Å². The molecule has 1 aromatic carbocycles. The fraction of sp³-hybridized carbons (Fsp3) is 0.696. The van der Waals surface area contributed by atoms with Crippen LogP contribution in [0.25, 0.3) is 0 Å². The van der Waals surface area contributed by atoms with Gasteiger partial charge in [-0.2, -0.15) is 0 Å². The number of hydrogen-bond acceptors (Lipinski definition) is 3. The predicted molar refractivity (Wildman–Crippen MR) is 107 cm³/mol. The molecule has 0 radical (unpaired) electrons. The summed E-state index contributed by atoms with van der Waals surface area (Å²) in [5, 5.41) is 11.1. The number of benzene rings is 1. The van der Waals surface area contributed by atoms with E-state index < -0.39 is 5.60 Å². The molecule has 2 aliphatic rings. The molecule has 150 valence electrons. The van der Waals surface area contributed by atoms with Gasteiger partial charge < -0.3 is 14.7 Å². The van der Waals surface area contributed by atoms with Crippen molar-refractivity contribution in [1.82, 2.24) is 4.90 Å². The van der Waals surface area contributed by atoms with Crippen LogP contribution in [0.3, 0.4) is 0 Å². The van der Waals surface area contributed by atoms with Gasteiger partial charge in [0.05, 0.1) is 5.60 Å². The number of hydrogen-bond donors (Lipinski definition) is 1. The highest BCUT2D eigenvalue weighted by Crippen LogP contribution is 2.43. The second-order valence-corrected chi connectivity index (χ2v) is 8.48. The molecule has 1 N–H and O–H groups in total. The number of nitrogens with zero attached hydrogens (tertiary/aromatic N) is 1. The fourth-order valence-electron chi connectivity index (χ4n) is 4.85. The highest BCUT2D eigenvalue weighted by Gasteiger charge is 2.49. The molecule has 2 heterocycles.